The van der Waals surface area contributed by atoms with Gasteiger partial charge in [0, 0.05) is 33.8 Å². The zero-order chi connectivity index (χ0) is 24.8. The van der Waals surface area contributed by atoms with Gasteiger partial charge in [-0.2, -0.15) is 0 Å². The van der Waals surface area contributed by atoms with Crippen molar-refractivity contribution in [1.29, 1.82) is 0 Å². The molecule has 1 heterocycles. The SMILES string of the molecule is COc1ccc([C@H]2C=C[C@H]3C(=O)N(C(=O)OC(C)(C)C)[C@H](C)[C@H]3[C@H]2c2ccc(Cl)cc2)c(Cl)c1. The molecule has 5 nitrogen and oxygen atoms in total. The van der Waals surface area contributed by atoms with Gasteiger partial charge in [-0.25, -0.2) is 9.69 Å². The van der Waals surface area contributed by atoms with Gasteiger partial charge in [-0.1, -0.05) is 53.6 Å². The lowest BCUT2D eigenvalue weighted by Gasteiger charge is -2.38. The van der Waals surface area contributed by atoms with Gasteiger partial charge in [0.15, 0.2) is 0 Å². The van der Waals surface area contributed by atoms with Crippen molar-refractivity contribution in [3.8, 4) is 5.75 Å². The molecule has 34 heavy (non-hydrogen) atoms. The lowest BCUT2D eigenvalue weighted by Crippen LogP contribution is -2.43. The van der Waals surface area contributed by atoms with Crippen molar-refractivity contribution in [2.45, 2.75) is 51.2 Å². The predicted molar refractivity (Wildman–Crippen MR) is 134 cm³/mol. The van der Waals surface area contributed by atoms with E-state index >= 15 is 0 Å². The van der Waals surface area contributed by atoms with Crippen molar-refractivity contribution in [1.82, 2.24) is 4.90 Å². The summed E-state index contributed by atoms with van der Waals surface area (Å²) in [6.07, 6.45) is 3.35. The van der Waals surface area contributed by atoms with Crippen LogP contribution in [0.3, 0.4) is 0 Å². The molecule has 0 N–H and O–H groups in total. The molecule has 2 aliphatic rings. The molecule has 0 bridgehead atoms. The first kappa shape index (κ1) is 24.6. The number of hydrogen-bond donors (Lipinski definition) is 0. The number of imide groups is 1. The zero-order valence-corrected chi connectivity index (χ0v) is 21.4. The molecule has 1 aliphatic carbocycles. The zero-order valence-electron chi connectivity index (χ0n) is 19.9. The number of nitrogens with zero attached hydrogens (tertiary/aromatic N) is 1. The summed E-state index contributed by atoms with van der Waals surface area (Å²) >= 11 is 12.9. The number of likely N-dealkylation sites (tertiary alicyclic amines) is 1. The second kappa shape index (κ2) is 9.27. The molecule has 0 spiro atoms. The Balaban J connectivity index is 1.79. The Morgan fingerprint density at radius 2 is 1.65 bits per heavy atom. The molecular formula is C27H29Cl2NO4. The molecule has 0 saturated carbocycles. The van der Waals surface area contributed by atoms with Crippen molar-refractivity contribution in [3.05, 3.63) is 75.8 Å². The van der Waals surface area contributed by atoms with Gasteiger partial charge in [0.1, 0.15) is 11.4 Å². The molecule has 180 valence electrons. The maximum absolute atomic E-state index is 13.4. The molecule has 1 fully saturated rings. The molecule has 0 aromatic heterocycles. The van der Waals surface area contributed by atoms with E-state index in [2.05, 4.69) is 0 Å². The lowest BCUT2D eigenvalue weighted by molar-refractivity contribution is -0.130. The normalized spacial score (nSPS) is 26.4. The highest BCUT2D eigenvalue weighted by Crippen LogP contribution is 2.53. The predicted octanol–water partition coefficient (Wildman–Crippen LogP) is 6.84. The van der Waals surface area contributed by atoms with Crippen LogP contribution in [-0.2, 0) is 9.53 Å². The van der Waals surface area contributed by atoms with Crippen LogP contribution in [0.25, 0.3) is 0 Å². The number of carbonyl (C=O) groups excluding carboxylic acids is 2. The average Bonchev–Trinajstić information content (AvgIpc) is 3.02. The van der Waals surface area contributed by atoms with E-state index in [4.69, 9.17) is 32.7 Å². The van der Waals surface area contributed by atoms with Crippen LogP contribution in [0, 0.1) is 11.8 Å². The Morgan fingerprint density at radius 1 is 1.00 bits per heavy atom. The average molecular weight is 502 g/mol. The van der Waals surface area contributed by atoms with Crippen LogP contribution in [0.4, 0.5) is 4.79 Å². The van der Waals surface area contributed by atoms with Gasteiger partial charge >= 0.3 is 6.09 Å². The van der Waals surface area contributed by atoms with Crippen LogP contribution >= 0.6 is 23.2 Å². The fourth-order valence-electron chi connectivity index (χ4n) is 5.21. The number of benzene rings is 2. The first-order valence-corrected chi connectivity index (χ1v) is 12.1. The number of rotatable bonds is 3. The molecule has 0 unspecified atom stereocenters. The van der Waals surface area contributed by atoms with Gasteiger partial charge in [-0.05, 0) is 63.1 Å². The van der Waals surface area contributed by atoms with Crippen LogP contribution in [0.2, 0.25) is 10.0 Å². The lowest BCUT2D eigenvalue weighted by atomic mass is 9.65. The Hall–Kier alpha value is -2.50. The van der Waals surface area contributed by atoms with Crippen LogP contribution in [0.1, 0.15) is 50.7 Å². The quantitative estimate of drug-likeness (QED) is 0.432. The van der Waals surface area contributed by atoms with Crippen LogP contribution in [0.15, 0.2) is 54.6 Å². The summed E-state index contributed by atoms with van der Waals surface area (Å²) in [4.78, 5) is 27.7. The number of amides is 2. The van der Waals surface area contributed by atoms with Crippen LogP contribution in [0.5, 0.6) is 5.75 Å². The third-order valence-electron chi connectivity index (χ3n) is 6.64. The van der Waals surface area contributed by atoms with E-state index in [-0.39, 0.29) is 29.7 Å². The second-order valence-corrected chi connectivity index (χ2v) is 10.8. The Bertz CT molecular complexity index is 1120. The summed E-state index contributed by atoms with van der Waals surface area (Å²) in [6, 6.07) is 13.0. The van der Waals surface area contributed by atoms with Gasteiger partial charge in [-0.15, -0.1) is 0 Å². The first-order valence-electron chi connectivity index (χ1n) is 11.3. The Morgan fingerprint density at radius 3 is 2.24 bits per heavy atom. The summed E-state index contributed by atoms with van der Waals surface area (Å²) in [5.74, 6) is -0.360. The van der Waals surface area contributed by atoms with Crippen LogP contribution in [-0.4, -0.2) is 35.7 Å². The summed E-state index contributed by atoms with van der Waals surface area (Å²) in [5, 5.41) is 1.23. The van der Waals surface area contributed by atoms with Crippen molar-refractivity contribution in [2.75, 3.05) is 7.11 Å². The molecule has 1 saturated heterocycles. The summed E-state index contributed by atoms with van der Waals surface area (Å²) in [6.45, 7) is 7.30. The smallest absolute Gasteiger partial charge is 0.417 e. The number of halogens is 2. The molecule has 5 atom stereocenters. The molecule has 0 radical (unpaired) electrons. The minimum Gasteiger partial charge on any atom is -0.497 e. The van der Waals surface area contributed by atoms with Gasteiger partial charge in [0.25, 0.3) is 0 Å². The van der Waals surface area contributed by atoms with E-state index in [1.807, 2.05) is 55.5 Å². The van der Waals surface area contributed by atoms with E-state index in [1.54, 1.807) is 33.9 Å². The minimum atomic E-state index is -0.699. The third kappa shape index (κ3) is 4.56. The highest BCUT2D eigenvalue weighted by atomic mass is 35.5. The molecule has 7 heteroatoms. The largest absolute Gasteiger partial charge is 0.497 e. The number of carbonyl (C=O) groups is 2. The Kier molecular flexibility index (Phi) is 6.71. The monoisotopic (exact) mass is 501 g/mol. The molecule has 1 aliphatic heterocycles. The number of allylic oxidation sites excluding steroid dienone is 1. The number of fused-ring (bicyclic) bond motifs is 1. The van der Waals surface area contributed by atoms with E-state index in [0.29, 0.717) is 15.8 Å². The maximum Gasteiger partial charge on any atom is 0.417 e. The molecule has 2 amide bonds. The Labute approximate surface area is 210 Å². The topological polar surface area (TPSA) is 55.8 Å². The molecular weight excluding hydrogens is 473 g/mol. The van der Waals surface area contributed by atoms with E-state index in [1.165, 1.54) is 4.90 Å². The van der Waals surface area contributed by atoms with E-state index in [0.717, 1.165) is 11.1 Å². The van der Waals surface area contributed by atoms with Crippen molar-refractivity contribution in [2.24, 2.45) is 11.8 Å². The highest BCUT2D eigenvalue weighted by molar-refractivity contribution is 6.31. The van der Waals surface area contributed by atoms with E-state index < -0.39 is 17.6 Å². The van der Waals surface area contributed by atoms with Gasteiger partial charge in [-0.3, -0.25) is 4.79 Å². The summed E-state index contributed by atoms with van der Waals surface area (Å²) in [5.41, 5.74) is 1.27. The summed E-state index contributed by atoms with van der Waals surface area (Å²) < 4.78 is 10.9. The first-order chi connectivity index (χ1) is 16.0. The number of ether oxygens (including phenoxy) is 2. The standard InChI is InChI=1S/C27H29Cl2NO4/c1-15-23-21(25(31)30(15)26(32)34-27(2,3)4)13-12-20(19-11-10-18(33-5)14-22(19)29)24(23)16-6-8-17(28)9-7-16/h6-15,20-21,23-24H,1-5H3/t15-,20-,21-,23-,24+/m1/s1. The van der Waals surface area contributed by atoms with Crippen molar-refractivity contribution < 1.29 is 19.1 Å². The summed E-state index contributed by atoms with van der Waals surface area (Å²) in [7, 11) is 1.60. The molecule has 2 aromatic carbocycles. The minimum absolute atomic E-state index is 0.102. The molecule has 2 aromatic rings. The fourth-order valence-corrected chi connectivity index (χ4v) is 5.64. The van der Waals surface area contributed by atoms with Gasteiger partial charge in [0.2, 0.25) is 5.91 Å². The van der Waals surface area contributed by atoms with E-state index in [9.17, 15) is 9.59 Å². The molecule has 4 rings (SSSR count). The second-order valence-electron chi connectivity index (χ2n) is 9.91. The maximum atomic E-state index is 13.4. The highest BCUT2D eigenvalue weighted by Gasteiger charge is 2.54. The number of hydrogen-bond acceptors (Lipinski definition) is 4. The third-order valence-corrected chi connectivity index (χ3v) is 7.22. The van der Waals surface area contributed by atoms with Gasteiger partial charge < -0.3 is 9.47 Å². The van der Waals surface area contributed by atoms with Crippen molar-refractivity contribution >= 4 is 35.2 Å². The van der Waals surface area contributed by atoms with Crippen LogP contribution < -0.4 is 4.74 Å². The van der Waals surface area contributed by atoms with Gasteiger partial charge in [0.05, 0.1) is 13.0 Å². The number of methoxy groups -OCH3 is 1. The fraction of sp³-hybridized carbons (Fsp3) is 0.407. The van der Waals surface area contributed by atoms with Crippen molar-refractivity contribution in [3.63, 3.8) is 0 Å².